The molecule has 0 bridgehead atoms. The molecule has 1 atom stereocenters. The first kappa shape index (κ1) is 19.4. The summed E-state index contributed by atoms with van der Waals surface area (Å²) < 4.78 is 32.0. The molecule has 1 heterocycles. The number of esters is 1. The quantitative estimate of drug-likeness (QED) is 0.414. The zero-order valence-electron chi connectivity index (χ0n) is 14.1. The van der Waals surface area contributed by atoms with Crippen LogP contribution in [0.25, 0.3) is 0 Å². The predicted octanol–water partition coefficient (Wildman–Crippen LogP) is 1.84. The summed E-state index contributed by atoms with van der Waals surface area (Å²) in [5.74, 6) is -0.193. The smallest absolute Gasteiger partial charge is 0.311 e. The molecule has 130 valence electrons. The number of hydrogen-bond donors (Lipinski definition) is 1. The molecule has 1 fully saturated rings. The van der Waals surface area contributed by atoms with Gasteiger partial charge in [-0.2, -0.15) is 8.42 Å². The second kappa shape index (κ2) is 7.75. The molecule has 7 heteroatoms. The number of ether oxygens (including phenoxy) is 1. The fourth-order valence-corrected chi connectivity index (χ4v) is 3.02. The Balaban J connectivity index is 2.39. The van der Waals surface area contributed by atoms with Crippen LogP contribution in [-0.4, -0.2) is 45.9 Å². The Morgan fingerprint density at radius 1 is 1.23 bits per heavy atom. The highest BCUT2D eigenvalue weighted by molar-refractivity contribution is 7.85. The van der Waals surface area contributed by atoms with Gasteiger partial charge in [0, 0.05) is 5.54 Å². The molecule has 0 amide bonds. The molecule has 1 saturated heterocycles. The zero-order chi connectivity index (χ0) is 16.9. The van der Waals surface area contributed by atoms with Crippen LogP contribution in [0.3, 0.4) is 0 Å². The van der Waals surface area contributed by atoms with Gasteiger partial charge in [0.2, 0.25) is 0 Å². The van der Waals surface area contributed by atoms with Crippen LogP contribution in [0, 0.1) is 5.41 Å². The van der Waals surface area contributed by atoms with Crippen LogP contribution in [0.1, 0.15) is 52.9 Å². The minimum Gasteiger partial charge on any atom is -0.465 e. The molecule has 6 nitrogen and oxygen atoms in total. The Labute approximate surface area is 134 Å². The fraction of sp³-hybridized carbons (Fsp3) is 0.933. The van der Waals surface area contributed by atoms with E-state index in [-0.39, 0.29) is 18.1 Å². The summed E-state index contributed by atoms with van der Waals surface area (Å²) >= 11 is 0. The van der Waals surface area contributed by atoms with Crippen molar-refractivity contribution in [3.63, 3.8) is 0 Å². The van der Waals surface area contributed by atoms with Crippen molar-refractivity contribution in [2.75, 3.05) is 26.0 Å². The van der Waals surface area contributed by atoms with E-state index in [1.807, 2.05) is 20.8 Å². The highest BCUT2D eigenvalue weighted by atomic mass is 32.2. The van der Waals surface area contributed by atoms with E-state index in [0.717, 1.165) is 38.5 Å². The van der Waals surface area contributed by atoms with Gasteiger partial charge in [-0.05, 0) is 59.4 Å². The van der Waals surface area contributed by atoms with Crippen molar-refractivity contribution < 1.29 is 22.1 Å². The van der Waals surface area contributed by atoms with E-state index >= 15 is 0 Å². The molecule has 0 aromatic carbocycles. The molecular formula is C15H29NO5S. The Morgan fingerprint density at radius 3 is 2.41 bits per heavy atom. The molecule has 0 spiro atoms. The summed E-state index contributed by atoms with van der Waals surface area (Å²) in [6, 6.07) is 0. The summed E-state index contributed by atoms with van der Waals surface area (Å²) in [5, 5.41) is 3.48. The van der Waals surface area contributed by atoms with Gasteiger partial charge in [-0.1, -0.05) is 0 Å². The van der Waals surface area contributed by atoms with Gasteiger partial charge in [0.25, 0.3) is 10.1 Å². The van der Waals surface area contributed by atoms with Crippen LogP contribution >= 0.6 is 0 Å². The number of rotatable bonds is 8. The molecular weight excluding hydrogens is 306 g/mol. The first-order chi connectivity index (χ1) is 10.0. The monoisotopic (exact) mass is 335 g/mol. The molecule has 0 aliphatic carbocycles. The van der Waals surface area contributed by atoms with E-state index in [1.165, 1.54) is 0 Å². The number of carbonyl (C=O) groups is 1. The summed E-state index contributed by atoms with van der Waals surface area (Å²) in [6.45, 7) is 7.03. The highest BCUT2D eigenvalue weighted by Gasteiger charge is 2.33. The van der Waals surface area contributed by atoms with E-state index in [9.17, 15) is 13.2 Å². The third-order valence-electron chi connectivity index (χ3n) is 3.86. The molecule has 0 radical (unpaired) electrons. The summed E-state index contributed by atoms with van der Waals surface area (Å²) in [6.07, 6.45) is 5.37. The van der Waals surface area contributed by atoms with Gasteiger partial charge in [-0.3, -0.25) is 8.98 Å². The van der Waals surface area contributed by atoms with Gasteiger partial charge in [0.15, 0.2) is 0 Å². The minimum atomic E-state index is -3.37. The van der Waals surface area contributed by atoms with Crippen LogP contribution in [0.4, 0.5) is 0 Å². The van der Waals surface area contributed by atoms with Crippen molar-refractivity contribution in [2.24, 2.45) is 5.41 Å². The molecule has 1 rings (SSSR count). The first-order valence-electron chi connectivity index (χ1n) is 7.81. The number of hydrogen-bond acceptors (Lipinski definition) is 6. The van der Waals surface area contributed by atoms with Crippen LogP contribution < -0.4 is 5.32 Å². The molecule has 1 aliphatic heterocycles. The van der Waals surface area contributed by atoms with Crippen LogP contribution in [0.15, 0.2) is 0 Å². The highest BCUT2D eigenvalue weighted by Crippen LogP contribution is 2.29. The average molecular weight is 335 g/mol. The lowest BCUT2D eigenvalue weighted by Crippen LogP contribution is -2.41. The third kappa shape index (κ3) is 7.07. The van der Waals surface area contributed by atoms with Crippen molar-refractivity contribution in [1.29, 1.82) is 0 Å². The van der Waals surface area contributed by atoms with Gasteiger partial charge in [-0.25, -0.2) is 0 Å². The van der Waals surface area contributed by atoms with Crippen LogP contribution in [0.5, 0.6) is 0 Å². The van der Waals surface area contributed by atoms with Gasteiger partial charge in [0.05, 0.1) is 24.9 Å². The van der Waals surface area contributed by atoms with E-state index in [2.05, 4.69) is 5.32 Å². The topological polar surface area (TPSA) is 81.7 Å². The molecule has 1 N–H and O–H groups in total. The summed E-state index contributed by atoms with van der Waals surface area (Å²) in [4.78, 5) is 11.8. The molecule has 0 saturated carbocycles. The molecule has 1 aliphatic rings. The Bertz CT molecular complexity index is 461. The SMILES string of the molecule is CC(C)(C)C(=O)OCC[C@@]1(CCCOS(C)(=O)=O)CCCN1. The summed E-state index contributed by atoms with van der Waals surface area (Å²) in [5.41, 5.74) is -0.557. The second-order valence-electron chi connectivity index (χ2n) is 7.08. The lowest BCUT2D eigenvalue weighted by molar-refractivity contribution is -0.153. The van der Waals surface area contributed by atoms with Gasteiger partial charge in [-0.15, -0.1) is 0 Å². The van der Waals surface area contributed by atoms with Crippen molar-refractivity contribution in [3.05, 3.63) is 0 Å². The minimum absolute atomic E-state index is 0.0704. The van der Waals surface area contributed by atoms with E-state index in [4.69, 9.17) is 8.92 Å². The maximum atomic E-state index is 11.8. The lowest BCUT2D eigenvalue weighted by Gasteiger charge is -2.30. The molecule has 0 unspecified atom stereocenters. The largest absolute Gasteiger partial charge is 0.465 e. The number of carbonyl (C=O) groups excluding carboxylic acids is 1. The normalized spacial score (nSPS) is 22.7. The Kier molecular flexibility index (Phi) is 6.83. The second-order valence-corrected chi connectivity index (χ2v) is 8.72. The Hall–Kier alpha value is -0.660. The molecule has 22 heavy (non-hydrogen) atoms. The molecule has 0 aromatic heterocycles. The fourth-order valence-electron chi connectivity index (χ4n) is 2.60. The van der Waals surface area contributed by atoms with E-state index in [0.29, 0.717) is 13.0 Å². The van der Waals surface area contributed by atoms with Gasteiger partial charge < -0.3 is 10.1 Å². The third-order valence-corrected chi connectivity index (χ3v) is 4.45. The van der Waals surface area contributed by atoms with Crippen molar-refractivity contribution in [3.8, 4) is 0 Å². The van der Waals surface area contributed by atoms with Crippen LogP contribution in [-0.2, 0) is 23.8 Å². The standard InChI is InChI=1S/C15H29NO5S/c1-14(2,3)13(17)20-12-9-15(7-5-10-16-15)8-6-11-21-22(4,18)19/h16H,5-12H2,1-4H3/t15-/m0/s1. The number of nitrogens with one attached hydrogen (secondary N) is 1. The van der Waals surface area contributed by atoms with Gasteiger partial charge >= 0.3 is 5.97 Å². The maximum Gasteiger partial charge on any atom is 0.311 e. The van der Waals surface area contributed by atoms with Crippen molar-refractivity contribution in [1.82, 2.24) is 5.32 Å². The Morgan fingerprint density at radius 2 is 1.91 bits per heavy atom. The lowest BCUT2D eigenvalue weighted by atomic mass is 9.88. The average Bonchev–Trinajstić information content (AvgIpc) is 2.81. The van der Waals surface area contributed by atoms with Gasteiger partial charge in [0.1, 0.15) is 0 Å². The van der Waals surface area contributed by atoms with Crippen LogP contribution in [0.2, 0.25) is 0 Å². The molecule has 0 aromatic rings. The first-order valence-corrected chi connectivity index (χ1v) is 9.62. The maximum absolute atomic E-state index is 11.8. The summed E-state index contributed by atoms with van der Waals surface area (Å²) in [7, 11) is -3.37. The van der Waals surface area contributed by atoms with E-state index < -0.39 is 15.5 Å². The van der Waals surface area contributed by atoms with Crippen molar-refractivity contribution >= 4 is 16.1 Å². The van der Waals surface area contributed by atoms with Crippen molar-refractivity contribution in [2.45, 2.75) is 58.4 Å². The predicted molar refractivity (Wildman–Crippen MR) is 85.0 cm³/mol. The van der Waals surface area contributed by atoms with E-state index in [1.54, 1.807) is 0 Å². The zero-order valence-corrected chi connectivity index (χ0v) is 14.9.